The fraction of sp³-hybridized carbons (Fsp3) is 0.647. The van der Waals surface area contributed by atoms with Crippen molar-refractivity contribution in [3.8, 4) is 0 Å². The molecule has 0 spiro atoms. The third-order valence-corrected chi connectivity index (χ3v) is 4.93. The summed E-state index contributed by atoms with van der Waals surface area (Å²) >= 11 is 0. The lowest BCUT2D eigenvalue weighted by atomic mass is 9.95. The molecule has 2 fully saturated rings. The standard InChI is InChI=1S/C17H25N3O3/c1-14(21)19-6-4-15(5-7-19)17(22)20-10-8-18(9-11-20)13-16-3-2-12-23-16/h2-3,12,15H,4-11,13H2,1H3. The molecule has 0 radical (unpaired) electrons. The highest BCUT2D eigenvalue weighted by atomic mass is 16.3. The van der Waals surface area contributed by atoms with Gasteiger partial charge in [-0.1, -0.05) is 0 Å². The van der Waals surface area contributed by atoms with Gasteiger partial charge < -0.3 is 14.2 Å². The van der Waals surface area contributed by atoms with Crippen molar-refractivity contribution in [2.24, 2.45) is 5.92 Å². The van der Waals surface area contributed by atoms with E-state index in [2.05, 4.69) is 4.90 Å². The maximum atomic E-state index is 12.6. The summed E-state index contributed by atoms with van der Waals surface area (Å²) in [4.78, 5) is 30.2. The molecule has 0 saturated carbocycles. The van der Waals surface area contributed by atoms with Crippen molar-refractivity contribution in [2.75, 3.05) is 39.3 Å². The van der Waals surface area contributed by atoms with Gasteiger partial charge in [0, 0.05) is 52.1 Å². The average Bonchev–Trinajstić information content (AvgIpc) is 3.08. The fourth-order valence-corrected chi connectivity index (χ4v) is 3.45. The monoisotopic (exact) mass is 319 g/mol. The summed E-state index contributed by atoms with van der Waals surface area (Å²) in [5, 5.41) is 0. The van der Waals surface area contributed by atoms with E-state index in [1.807, 2.05) is 21.9 Å². The van der Waals surface area contributed by atoms with E-state index in [4.69, 9.17) is 4.42 Å². The summed E-state index contributed by atoms with van der Waals surface area (Å²) in [7, 11) is 0. The molecule has 2 aliphatic rings. The van der Waals surface area contributed by atoms with E-state index in [1.54, 1.807) is 13.2 Å². The lowest BCUT2D eigenvalue weighted by molar-refractivity contribution is -0.141. The molecule has 2 amide bonds. The highest BCUT2D eigenvalue weighted by Crippen LogP contribution is 2.21. The van der Waals surface area contributed by atoms with Gasteiger partial charge in [0.2, 0.25) is 11.8 Å². The third kappa shape index (κ3) is 3.93. The number of piperazine rings is 1. The first-order valence-electron chi connectivity index (χ1n) is 8.42. The second kappa shape index (κ2) is 7.17. The molecule has 0 unspecified atom stereocenters. The van der Waals surface area contributed by atoms with E-state index < -0.39 is 0 Å². The Hall–Kier alpha value is -1.82. The lowest BCUT2D eigenvalue weighted by Crippen LogP contribution is -2.51. The molecule has 3 rings (SSSR count). The Morgan fingerprint density at radius 2 is 1.78 bits per heavy atom. The van der Waals surface area contributed by atoms with Crippen LogP contribution in [0.1, 0.15) is 25.5 Å². The molecule has 2 saturated heterocycles. The largest absolute Gasteiger partial charge is 0.468 e. The minimum Gasteiger partial charge on any atom is -0.468 e. The summed E-state index contributed by atoms with van der Waals surface area (Å²) in [5.41, 5.74) is 0. The van der Waals surface area contributed by atoms with E-state index in [-0.39, 0.29) is 17.7 Å². The minimum absolute atomic E-state index is 0.0854. The first-order chi connectivity index (χ1) is 11.1. The third-order valence-electron chi connectivity index (χ3n) is 4.93. The summed E-state index contributed by atoms with van der Waals surface area (Å²) in [6.07, 6.45) is 3.29. The van der Waals surface area contributed by atoms with Crippen LogP contribution in [0.5, 0.6) is 0 Å². The van der Waals surface area contributed by atoms with Crippen molar-refractivity contribution in [3.05, 3.63) is 24.2 Å². The van der Waals surface area contributed by atoms with Gasteiger partial charge >= 0.3 is 0 Å². The van der Waals surface area contributed by atoms with Crippen molar-refractivity contribution in [1.82, 2.24) is 14.7 Å². The highest BCUT2D eigenvalue weighted by Gasteiger charge is 2.31. The quantitative estimate of drug-likeness (QED) is 0.839. The second-order valence-electron chi connectivity index (χ2n) is 6.46. The molecule has 0 atom stereocenters. The molecule has 0 aromatic carbocycles. The van der Waals surface area contributed by atoms with E-state index in [9.17, 15) is 9.59 Å². The maximum absolute atomic E-state index is 12.6. The molecule has 0 bridgehead atoms. The number of amides is 2. The minimum atomic E-state index is 0.0854. The first-order valence-corrected chi connectivity index (χ1v) is 8.42. The number of hydrogen-bond donors (Lipinski definition) is 0. The molecule has 23 heavy (non-hydrogen) atoms. The smallest absolute Gasteiger partial charge is 0.225 e. The van der Waals surface area contributed by atoms with Crippen LogP contribution in [0.4, 0.5) is 0 Å². The molecule has 3 heterocycles. The van der Waals surface area contributed by atoms with Gasteiger partial charge in [-0.15, -0.1) is 0 Å². The van der Waals surface area contributed by atoms with Crippen LogP contribution in [0.2, 0.25) is 0 Å². The van der Waals surface area contributed by atoms with Crippen LogP contribution in [0.15, 0.2) is 22.8 Å². The van der Waals surface area contributed by atoms with Gasteiger partial charge in [-0.3, -0.25) is 14.5 Å². The number of likely N-dealkylation sites (tertiary alicyclic amines) is 1. The van der Waals surface area contributed by atoms with E-state index >= 15 is 0 Å². The van der Waals surface area contributed by atoms with Gasteiger partial charge in [-0.25, -0.2) is 0 Å². The molecule has 1 aromatic heterocycles. The molecular formula is C17H25N3O3. The Kier molecular flexibility index (Phi) is 5.00. The van der Waals surface area contributed by atoms with Gasteiger partial charge in [0.05, 0.1) is 12.8 Å². The zero-order valence-corrected chi connectivity index (χ0v) is 13.7. The molecule has 2 aliphatic heterocycles. The fourth-order valence-electron chi connectivity index (χ4n) is 3.45. The van der Waals surface area contributed by atoms with Crippen molar-refractivity contribution in [3.63, 3.8) is 0 Å². The molecular weight excluding hydrogens is 294 g/mol. The molecule has 1 aromatic rings. The van der Waals surface area contributed by atoms with Crippen LogP contribution in [0, 0.1) is 5.92 Å². The number of hydrogen-bond acceptors (Lipinski definition) is 4. The average molecular weight is 319 g/mol. The van der Waals surface area contributed by atoms with Gasteiger partial charge in [0.25, 0.3) is 0 Å². The lowest BCUT2D eigenvalue weighted by Gasteiger charge is -2.38. The molecule has 126 valence electrons. The normalized spacial score (nSPS) is 20.7. The van der Waals surface area contributed by atoms with Crippen molar-refractivity contribution < 1.29 is 14.0 Å². The van der Waals surface area contributed by atoms with Crippen LogP contribution in [0.25, 0.3) is 0 Å². The van der Waals surface area contributed by atoms with Gasteiger partial charge in [-0.05, 0) is 25.0 Å². The van der Waals surface area contributed by atoms with E-state index in [0.717, 1.165) is 51.3 Å². The van der Waals surface area contributed by atoms with Crippen molar-refractivity contribution >= 4 is 11.8 Å². The predicted octanol–water partition coefficient (Wildman–Crippen LogP) is 1.18. The van der Waals surface area contributed by atoms with Gasteiger partial charge in [0.15, 0.2) is 0 Å². The van der Waals surface area contributed by atoms with E-state index in [1.165, 1.54) is 0 Å². The SMILES string of the molecule is CC(=O)N1CCC(C(=O)N2CCN(Cc3ccco3)CC2)CC1. The van der Waals surface area contributed by atoms with Crippen molar-refractivity contribution in [1.29, 1.82) is 0 Å². The summed E-state index contributed by atoms with van der Waals surface area (Å²) < 4.78 is 5.38. The number of carbonyl (C=O) groups excluding carboxylic acids is 2. The summed E-state index contributed by atoms with van der Waals surface area (Å²) in [6, 6.07) is 3.89. The molecule has 0 aliphatic carbocycles. The zero-order valence-electron chi connectivity index (χ0n) is 13.7. The summed E-state index contributed by atoms with van der Waals surface area (Å²) in [5.74, 6) is 1.44. The van der Waals surface area contributed by atoms with Crippen LogP contribution in [-0.2, 0) is 16.1 Å². The molecule has 6 heteroatoms. The Morgan fingerprint density at radius 1 is 1.09 bits per heavy atom. The number of piperidine rings is 1. The second-order valence-corrected chi connectivity index (χ2v) is 6.46. The Labute approximate surface area is 137 Å². The Balaban J connectivity index is 1.44. The van der Waals surface area contributed by atoms with Crippen molar-refractivity contribution in [2.45, 2.75) is 26.3 Å². The van der Waals surface area contributed by atoms with Crippen LogP contribution in [-0.4, -0.2) is 65.8 Å². The van der Waals surface area contributed by atoms with Crippen LogP contribution < -0.4 is 0 Å². The summed E-state index contributed by atoms with van der Waals surface area (Å²) in [6.45, 7) is 7.18. The zero-order chi connectivity index (χ0) is 16.2. The Morgan fingerprint density at radius 3 is 2.35 bits per heavy atom. The maximum Gasteiger partial charge on any atom is 0.225 e. The van der Waals surface area contributed by atoms with Gasteiger partial charge in [0.1, 0.15) is 5.76 Å². The van der Waals surface area contributed by atoms with Crippen LogP contribution >= 0.6 is 0 Å². The predicted molar refractivity (Wildman–Crippen MR) is 85.5 cm³/mol. The number of rotatable bonds is 3. The van der Waals surface area contributed by atoms with E-state index in [0.29, 0.717) is 13.1 Å². The number of carbonyl (C=O) groups is 2. The Bertz CT molecular complexity index is 527. The topological polar surface area (TPSA) is 57.0 Å². The highest BCUT2D eigenvalue weighted by molar-refractivity contribution is 5.79. The first kappa shape index (κ1) is 16.1. The molecule has 0 N–H and O–H groups in total. The van der Waals surface area contributed by atoms with Gasteiger partial charge in [-0.2, -0.15) is 0 Å². The number of nitrogens with zero attached hydrogens (tertiary/aromatic N) is 3. The number of furan rings is 1. The van der Waals surface area contributed by atoms with Crippen LogP contribution in [0.3, 0.4) is 0 Å². The molecule has 6 nitrogen and oxygen atoms in total.